The number of hydrogen-bond acceptors (Lipinski definition) is 7. The monoisotopic (exact) mass is 556 g/mol. The van der Waals surface area contributed by atoms with Crippen LogP contribution in [0.15, 0.2) is 89.8 Å². The third-order valence-corrected chi connectivity index (χ3v) is 7.07. The lowest BCUT2D eigenvalue weighted by atomic mass is 10.0. The van der Waals surface area contributed by atoms with Crippen molar-refractivity contribution in [2.75, 3.05) is 7.11 Å². The Bertz CT molecular complexity index is 1280. The first-order valence-electron chi connectivity index (χ1n) is 12.5. The summed E-state index contributed by atoms with van der Waals surface area (Å²) in [5.41, 5.74) is 0.821. The highest BCUT2D eigenvalue weighted by Gasteiger charge is 2.34. The van der Waals surface area contributed by atoms with Gasteiger partial charge in [0, 0.05) is 0 Å². The molecule has 3 N–H and O–H groups in total. The molecule has 0 radical (unpaired) electrons. The molecule has 0 saturated heterocycles. The van der Waals surface area contributed by atoms with Gasteiger partial charge in [0.15, 0.2) is 0 Å². The van der Waals surface area contributed by atoms with Crippen molar-refractivity contribution >= 4 is 16.1 Å². The van der Waals surface area contributed by atoms with Crippen molar-refractivity contribution < 1.29 is 32.5 Å². The third-order valence-electron chi connectivity index (χ3n) is 5.64. The van der Waals surface area contributed by atoms with E-state index in [1.54, 1.807) is 20.8 Å². The number of alkyl carbamates (subject to hydrolysis) is 1. The maximum Gasteiger partial charge on any atom is 0.407 e. The first-order valence-corrected chi connectivity index (χ1v) is 14.0. The molecule has 10 heteroatoms. The highest BCUT2D eigenvalue weighted by Crippen LogP contribution is 2.19. The molecular formula is C29H36N2O7S. The summed E-state index contributed by atoms with van der Waals surface area (Å²) >= 11 is 0. The molecule has 210 valence electrons. The van der Waals surface area contributed by atoms with E-state index in [4.69, 9.17) is 14.2 Å². The van der Waals surface area contributed by atoms with Crippen LogP contribution in [0.3, 0.4) is 0 Å². The maximum atomic E-state index is 13.3. The molecule has 1 amide bonds. The fourth-order valence-corrected chi connectivity index (χ4v) is 4.88. The maximum absolute atomic E-state index is 13.3. The Labute approximate surface area is 230 Å². The van der Waals surface area contributed by atoms with E-state index in [1.807, 2.05) is 60.7 Å². The van der Waals surface area contributed by atoms with Crippen LogP contribution in [-0.2, 0) is 32.5 Å². The van der Waals surface area contributed by atoms with Crippen LogP contribution in [-0.4, -0.2) is 50.7 Å². The molecule has 0 aromatic heterocycles. The SMILES string of the molecule is COc1ccc(S(=O)(=O)NC(OCc2ccccc2)[C@H](O)[C@H](Cc2ccccc2)NC(=O)OC(C)(C)C)cc1. The van der Waals surface area contributed by atoms with Crippen LogP contribution in [0.2, 0.25) is 0 Å². The summed E-state index contributed by atoms with van der Waals surface area (Å²) in [6.45, 7) is 5.19. The van der Waals surface area contributed by atoms with Gasteiger partial charge in [-0.05, 0) is 62.6 Å². The van der Waals surface area contributed by atoms with Gasteiger partial charge in [-0.3, -0.25) is 0 Å². The highest BCUT2D eigenvalue weighted by atomic mass is 32.2. The highest BCUT2D eigenvalue weighted by molar-refractivity contribution is 7.89. The number of carbonyl (C=O) groups is 1. The Hall–Kier alpha value is -3.44. The second kappa shape index (κ2) is 13.6. The van der Waals surface area contributed by atoms with Gasteiger partial charge in [-0.25, -0.2) is 13.2 Å². The molecule has 3 rings (SSSR count). The van der Waals surface area contributed by atoms with Gasteiger partial charge < -0.3 is 24.6 Å². The van der Waals surface area contributed by atoms with Gasteiger partial charge >= 0.3 is 6.09 Å². The van der Waals surface area contributed by atoms with Crippen molar-refractivity contribution in [3.05, 3.63) is 96.1 Å². The number of carbonyl (C=O) groups excluding carboxylic acids is 1. The van der Waals surface area contributed by atoms with Crippen molar-refractivity contribution in [2.45, 2.75) is 62.7 Å². The Kier molecular flexibility index (Phi) is 10.5. The summed E-state index contributed by atoms with van der Waals surface area (Å²) in [4.78, 5) is 12.7. The zero-order valence-corrected chi connectivity index (χ0v) is 23.4. The number of nitrogens with one attached hydrogen (secondary N) is 2. The zero-order chi connectivity index (χ0) is 28.5. The molecule has 0 bridgehead atoms. The van der Waals surface area contributed by atoms with Crippen LogP contribution in [0.5, 0.6) is 5.75 Å². The Morgan fingerprint density at radius 3 is 2.00 bits per heavy atom. The minimum atomic E-state index is -4.13. The normalized spacial score (nSPS) is 14.2. The van der Waals surface area contributed by atoms with Crippen LogP contribution >= 0.6 is 0 Å². The predicted octanol–water partition coefficient (Wildman–Crippen LogP) is 4.01. The molecule has 39 heavy (non-hydrogen) atoms. The van der Waals surface area contributed by atoms with Gasteiger partial charge in [-0.2, -0.15) is 4.72 Å². The topological polar surface area (TPSA) is 123 Å². The van der Waals surface area contributed by atoms with E-state index in [2.05, 4.69) is 10.0 Å². The number of benzene rings is 3. The summed E-state index contributed by atoms with van der Waals surface area (Å²) in [6, 6.07) is 23.2. The number of aliphatic hydroxyl groups excluding tert-OH is 1. The molecule has 0 heterocycles. The number of methoxy groups -OCH3 is 1. The third kappa shape index (κ3) is 9.67. The summed E-state index contributed by atoms with van der Waals surface area (Å²) < 4.78 is 45.5. The Balaban J connectivity index is 1.90. The molecule has 3 aromatic carbocycles. The second-order valence-electron chi connectivity index (χ2n) is 9.95. The summed E-state index contributed by atoms with van der Waals surface area (Å²) in [5, 5.41) is 14.2. The van der Waals surface area contributed by atoms with Crippen LogP contribution in [0.1, 0.15) is 31.9 Å². The van der Waals surface area contributed by atoms with E-state index in [-0.39, 0.29) is 17.9 Å². The lowest BCUT2D eigenvalue weighted by molar-refractivity contribution is -0.0660. The summed E-state index contributed by atoms with van der Waals surface area (Å²) in [7, 11) is -2.65. The van der Waals surface area contributed by atoms with Gasteiger partial charge in [0.2, 0.25) is 10.0 Å². The molecule has 1 unspecified atom stereocenters. The van der Waals surface area contributed by atoms with Crippen LogP contribution in [0.4, 0.5) is 4.79 Å². The fourth-order valence-electron chi connectivity index (χ4n) is 3.73. The van der Waals surface area contributed by atoms with Gasteiger partial charge in [0.1, 0.15) is 23.7 Å². The van der Waals surface area contributed by atoms with E-state index in [0.717, 1.165) is 11.1 Å². The average molecular weight is 557 g/mol. The standard InChI is InChI=1S/C29H36N2O7S/c1-29(2,3)38-28(33)30-25(19-21-11-7-5-8-12-21)26(32)27(37-20-22-13-9-6-10-14-22)31-39(34,35)24-17-15-23(36-4)16-18-24/h5-18,25-27,31-32H,19-20H2,1-4H3,(H,30,33)/t25-,26+,27?/m0/s1. The van der Waals surface area contributed by atoms with Crippen molar-refractivity contribution in [1.82, 2.24) is 10.0 Å². The van der Waals surface area contributed by atoms with E-state index < -0.39 is 40.1 Å². The van der Waals surface area contributed by atoms with Crippen molar-refractivity contribution in [3.63, 3.8) is 0 Å². The van der Waals surface area contributed by atoms with Gasteiger partial charge in [-0.15, -0.1) is 0 Å². The number of rotatable bonds is 12. The number of amides is 1. The molecular weight excluding hydrogens is 520 g/mol. The quantitative estimate of drug-likeness (QED) is 0.288. The molecule has 0 fully saturated rings. The van der Waals surface area contributed by atoms with Crippen molar-refractivity contribution in [1.29, 1.82) is 0 Å². The molecule has 0 aliphatic rings. The van der Waals surface area contributed by atoms with Crippen molar-refractivity contribution in [3.8, 4) is 5.75 Å². The lowest BCUT2D eigenvalue weighted by Crippen LogP contribution is -2.56. The molecule has 9 nitrogen and oxygen atoms in total. The van der Waals surface area contributed by atoms with Gasteiger partial charge in [-0.1, -0.05) is 60.7 Å². The second-order valence-corrected chi connectivity index (χ2v) is 11.7. The zero-order valence-electron chi connectivity index (χ0n) is 22.5. The average Bonchev–Trinajstić information content (AvgIpc) is 2.90. The van der Waals surface area contributed by atoms with Crippen LogP contribution in [0.25, 0.3) is 0 Å². The lowest BCUT2D eigenvalue weighted by Gasteiger charge is -2.32. The number of hydrogen-bond donors (Lipinski definition) is 3. The minimum absolute atomic E-state index is 0.0121. The number of aliphatic hydroxyl groups is 1. The van der Waals surface area contributed by atoms with Crippen LogP contribution in [0, 0.1) is 0 Å². The predicted molar refractivity (Wildman–Crippen MR) is 148 cm³/mol. The largest absolute Gasteiger partial charge is 0.497 e. The number of ether oxygens (including phenoxy) is 3. The van der Waals surface area contributed by atoms with Crippen LogP contribution < -0.4 is 14.8 Å². The smallest absolute Gasteiger partial charge is 0.407 e. The summed E-state index contributed by atoms with van der Waals surface area (Å²) in [5.74, 6) is 0.496. The molecule has 3 aromatic rings. The Morgan fingerprint density at radius 2 is 1.46 bits per heavy atom. The first-order chi connectivity index (χ1) is 18.5. The Morgan fingerprint density at radius 1 is 0.897 bits per heavy atom. The molecule has 0 saturated carbocycles. The van der Waals surface area contributed by atoms with E-state index in [9.17, 15) is 18.3 Å². The molecule has 0 aliphatic carbocycles. The van der Waals surface area contributed by atoms with E-state index in [0.29, 0.717) is 5.75 Å². The summed E-state index contributed by atoms with van der Waals surface area (Å²) in [6.07, 6.45) is -3.46. The van der Waals surface area contributed by atoms with Gasteiger partial charge in [0.25, 0.3) is 0 Å². The fraction of sp³-hybridized carbons (Fsp3) is 0.345. The number of sulfonamides is 1. The minimum Gasteiger partial charge on any atom is -0.497 e. The molecule has 3 atom stereocenters. The van der Waals surface area contributed by atoms with E-state index in [1.165, 1.54) is 31.4 Å². The molecule has 0 aliphatic heterocycles. The first kappa shape index (κ1) is 30.1. The molecule has 0 spiro atoms. The van der Waals surface area contributed by atoms with Gasteiger partial charge in [0.05, 0.1) is 24.7 Å². The van der Waals surface area contributed by atoms with E-state index >= 15 is 0 Å². The van der Waals surface area contributed by atoms with Crippen molar-refractivity contribution in [2.24, 2.45) is 0 Å².